The van der Waals surface area contributed by atoms with Crippen molar-refractivity contribution < 1.29 is 50.2 Å². The fourth-order valence-corrected chi connectivity index (χ4v) is 7.58. The molecule has 1 N–H and O–H groups in total. The average molecular weight is 630 g/mol. The fraction of sp³-hybridized carbons (Fsp3) is 0.400. The van der Waals surface area contributed by atoms with Crippen molar-refractivity contribution in [1.82, 2.24) is 4.90 Å². The molecule has 2 aromatic rings. The van der Waals surface area contributed by atoms with Gasteiger partial charge in [-0.2, -0.15) is 26.3 Å². The van der Waals surface area contributed by atoms with Crippen molar-refractivity contribution in [1.29, 1.82) is 0 Å². The maximum atomic E-state index is 14.3. The number of thioether (sulfide) groups is 1. The summed E-state index contributed by atoms with van der Waals surface area (Å²) in [5, 5.41) is 7.87. The SMILES string of the molecule is COc1ccc(CCC(=O)O)cc1-c1ccc(C(F)(F)F)cc1[C@@H]1CC[C@H]2[C@@H](C3C=C(F)C=C(C(F)(F)F)C3)SC(=O)N12. The van der Waals surface area contributed by atoms with E-state index >= 15 is 0 Å². The van der Waals surface area contributed by atoms with Gasteiger partial charge in [0.15, 0.2) is 0 Å². The van der Waals surface area contributed by atoms with Crippen LogP contribution in [0.25, 0.3) is 11.1 Å². The Bertz CT molecular complexity index is 1500. The van der Waals surface area contributed by atoms with Crippen LogP contribution in [0.3, 0.4) is 0 Å². The maximum absolute atomic E-state index is 14.3. The summed E-state index contributed by atoms with van der Waals surface area (Å²) < 4.78 is 102. The molecule has 0 bridgehead atoms. The van der Waals surface area contributed by atoms with E-state index in [9.17, 15) is 40.3 Å². The monoisotopic (exact) mass is 629 g/mol. The van der Waals surface area contributed by atoms with Gasteiger partial charge in [0.25, 0.3) is 5.24 Å². The Labute approximate surface area is 246 Å². The quantitative estimate of drug-likeness (QED) is 0.311. The molecular formula is C30H26F7NO4S. The molecular weight excluding hydrogens is 603 g/mol. The molecule has 3 aliphatic rings. The molecule has 5 rings (SSSR count). The predicted molar refractivity (Wildman–Crippen MR) is 145 cm³/mol. The largest absolute Gasteiger partial charge is 0.496 e. The van der Waals surface area contributed by atoms with Gasteiger partial charge in [-0.25, -0.2) is 4.39 Å². The van der Waals surface area contributed by atoms with Gasteiger partial charge in [0, 0.05) is 28.8 Å². The number of nitrogens with zero attached hydrogens (tertiary/aromatic N) is 1. The van der Waals surface area contributed by atoms with Crippen molar-refractivity contribution in [3.63, 3.8) is 0 Å². The minimum absolute atomic E-state index is 0.163. The highest BCUT2D eigenvalue weighted by atomic mass is 32.2. The van der Waals surface area contributed by atoms with Crippen molar-refractivity contribution in [3.05, 3.63) is 76.6 Å². The number of hydrogen-bond donors (Lipinski definition) is 1. The van der Waals surface area contributed by atoms with E-state index in [0.29, 0.717) is 34.9 Å². The van der Waals surface area contributed by atoms with E-state index in [1.807, 2.05) is 0 Å². The lowest BCUT2D eigenvalue weighted by Crippen LogP contribution is -2.36. The molecule has 0 saturated carbocycles. The number of allylic oxidation sites excluding steroid dienone is 4. The number of aliphatic carboxylic acids is 1. The number of carbonyl (C=O) groups is 2. The lowest BCUT2D eigenvalue weighted by Gasteiger charge is -2.30. The zero-order valence-corrected chi connectivity index (χ0v) is 23.5. The molecule has 0 radical (unpaired) electrons. The number of aryl methyl sites for hydroxylation is 1. The van der Waals surface area contributed by atoms with Crippen molar-refractivity contribution in [3.8, 4) is 16.9 Å². The molecule has 1 unspecified atom stereocenters. The number of carboxylic acid groups (broad SMARTS) is 1. The first-order chi connectivity index (χ1) is 20.2. The van der Waals surface area contributed by atoms with Crippen LogP contribution < -0.4 is 4.74 Å². The third-order valence-electron chi connectivity index (χ3n) is 8.10. The first kappa shape index (κ1) is 31.0. The molecule has 43 heavy (non-hydrogen) atoms. The smallest absolute Gasteiger partial charge is 0.416 e. The van der Waals surface area contributed by atoms with Crippen molar-refractivity contribution in [2.75, 3.05) is 7.11 Å². The van der Waals surface area contributed by atoms with Crippen molar-refractivity contribution in [2.45, 2.75) is 61.8 Å². The summed E-state index contributed by atoms with van der Waals surface area (Å²) in [4.78, 5) is 25.9. The first-order valence-electron chi connectivity index (χ1n) is 13.4. The number of hydrogen-bond acceptors (Lipinski definition) is 4. The molecule has 1 amide bonds. The third kappa shape index (κ3) is 6.27. The summed E-state index contributed by atoms with van der Waals surface area (Å²) in [7, 11) is 1.39. The highest BCUT2D eigenvalue weighted by Crippen LogP contribution is 2.54. The third-order valence-corrected chi connectivity index (χ3v) is 9.45. The van der Waals surface area contributed by atoms with Crippen LogP contribution in [-0.4, -0.2) is 45.8 Å². The zero-order valence-electron chi connectivity index (χ0n) is 22.6. The van der Waals surface area contributed by atoms with Crippen LogP contribution in [0.1, 0.15) is 48.4 Å². The lowest BCUT2D eigenvalue weighted by atomic mass is 9.87. The normalized spacial score (nSPS) is 24.1. The van der Waals surface area contributed by atoms with Gasteiger partial charge in [-0.1, -0.05) is 23.9 Å². The van der Waals surface area contributed by atoms with Gasteiger partial charge in [0.05, 0.1) is 18.7 Å². The molecule has 0 aromatic heterocycles. The van der Waals surface area contributed by atoms with Gasteiger partial charge >= 0.3 is 18.3 Å². The molecule has 230 valence electrons. The summed E-state index contributed by atoms with van der Waals surface area (Å²) in [6, 6.07) is 6.62. The fourth-order valence-electron chi connectivity index (χ4n) is 6.19. The van der Waals surface area contributed by atoms with Gasteiger partial charge in [-0.05, 0) is 84.7 Å². The number of carbonyl (C=O) groups excluding carboxylic acids is 1. The Morgan fingerprint density at radius 1 is 1.05 bits per heavy atom. The van der Waals surface area contributed by atoms with E-state index in [0.717, 1.165) is 30.0 Å². The number of benzene rings is 2. The number of alkyl halides is 6. The Morgan fingerprint density at radius 3 is 2.44 bits per heavy atom. The van der Waals surface area contributed by atoms with E-state index in [1.54, 1.807) is 18.2 Å². The van der Waals surface area contributed by atoms with Crippen LogP contribution >= 0.6 is 11.8 Å². The Hall–Kier alpha value is -3.48. The number of rotatable bonds is 7. The van der Waals surface area contributed by atoms with Crippen molar-refractivity contribution >= 4 is 23.0 Å². The van der Waals surface area contributed by atoms with E-state index in [4.69, 9.17) is 9.84 Å². The second-order valence-electron chi connectivity index (χ2n) is 10.7. The number of amides is 1. The van der Waals surface area contributed by atoms with Crippen LogP contribution in [0.4, 0.5) is 35.5 Å². The minimum atomic E-state index is -4.74. The highest BCUT2D eigenvalue weighted by molar-refractivity contribution is 8.14. The summed E-state index contributed by atoms with van der Waals surface area (Å²) in [5.74, 6) is -2.67. The van der Waals surface area contributed by atoms with Gasteiger partial charge < -0.3 is 14.7 Å². The van der Waals surface area contributed by atoms with E-state index in [-0.39, 0.29) is 24.8 Å². The molecule has 2 aliphatic heterocycles. The second-order valence-corrected chi connectivity index (χ2v) is 11.9. The Balaban J connectivity index is 1.54. The van der Waals surface area contributed by atoms with E-state index in [2.05, 4.69) is 0 Å². The molecule has 2 saturated heterocycles. The van der Waals surface area contributed by atoms with Crippen molar-refractivity contribution in [2.24, 2.45) is 5.92 Å². The summed E-state index contributed by atoms with van der Waals surface area (Å²) in [6.07, 6.45) is -7.88. The van der Waals surface area contributed by atoms with Gasteiger partial charge in [0.2, 0.25) is 0 Å². The van der Waals surface area contributed by atoms with Gasteiger partial charge in [-0.15, -0.1) is 0 Å². The van der Waals surface area contributed by atoms with E-state index < -0.39 is 70.2 Å². The molecule has 2 fully saturated rings. The summed E-state index contributed by atoms with van der Waals surface area (Å²) in [6.45, 7) is 0. The molecule has 1 aliphatic carbocycles. The number of methoxy groups -OCH3 is 1. The minimum Gasteiger partial charge on any atom is -0.496 e. The Kier molecular flexibility index (Phi) is 8.32. The molecule has 0 spiro atoms. The Morgan fingerprint density at radius 2 is 1.79 bits per heavy atom. The molecule has 2 aromatic carbocycles. The molecule has 5 nitrogen and oxygen atoms in total. The molecule has 2 heterocycles. The highest BCUT2D eigenvalue weighted by Gasteiger charge is 2.52. The topological polar surface area (TPSA) is 66.8 Å². The molecule has 4 atom stereocenters. The lowest BCUT2D eigenvalue weighted by molar-refractivity contribution is -0.138. The first-order valence-corrected chi connectivity index (χ1v) is 14.3. The summed E-state index contributed by atoms with van der Waals surface area (Å²) >= 11 is 0.787. The van der Waals surface area contributed by atoms with Crippen LogP contribution in [0, 0.1) is 5.92 Å². The van der Waals surface area contributed by atoms with Crippen LogP contribution in [0.2, 0.25) is 0 Å². The standard InChI is InChI=1S/C30H26F7NO4S/c1-42-25-8-2-15(3-9-26(39)40)10-22(25)20-5-4-17(29(32,33)34)14-21(20)23-6-7-24-27(43-28(41)38(23)24)16-11-18(30(35,36)37)13-19(31)12-16/h2,4-5,8,10,12-14,16,23-24,27H,3,6-7,9,11H2,1H3,(H,39,40)/t16?,23-,24-,27+/m0/s1. The summed E-state index contributed by atoms with van der Waals surface area (Å²) in [5.41, 5.74) is -0.425. The van der Waals surface area contributed by atoms with Crippen LogP contribution in [0.5, 0.6) is 5.75 Å². The average Bonchev–Trinajstić information content (AvgIpc) is 3.51. The number of halogens is 7. The number of ether oxygens (including phenoxy) is 1. The van der Waals surface area contributed by atoms with Crippen LogP contribution in [-0.2, 0) is 17.4 Å². The second kappa shape index (κ2) is 11.5. The van der Waals surface area contributed by atoms with Gasteiger partial charge in [0.1, 0.15) is 11.6 Å². The van der Waals surface area contributed by atoms with Crippen LogP contribution in [0.15, 0.2) is 60.0 Å². The van der Waals surface area contributed by atoms with Gasteiger partial charge in [-0.3, -0.25) is 9.59 Å². The zero-order chi connectivity index (χ0) is 31.3. The predicted octanol–water partition coefficient (Wildman–Crippen LogP) is 8.50. The number of carboxylic acids is 1. The van der Waals surface area contributed by atoms with E-state index in [1.165, 1.54) is 18.1 Å². The number of fused-ring (bicyclic) bond motifs is 1. The molecule has 13 heteroatoms. The maximum Gasteiger partial charge on any atom is 0.416 e.